The molecule has 0 aliphatic carbocycles. The Morgan fingerprint density at radius 2 is 2.10 bits per heavy atom. The van der Waals surface area contributed by atoms with Crippen LogP contribution in [0.1, 0.15) is 23.0 Å². The molecule has 0 atom stereocenters. The normalized spacial score (nSPS) is 10.5. The highest BCUT2D eigenvalue weighted by atomic mass is 32.1. The molecule has 1 aromatic carbocycles. The van der Waals surface area contributed by atoms with Crippen LogP contribution in [0.5, 0.6) is 0 Å². The van der Waals surface area contributed by atoms with Gasteiger partial charge in [0.15, 0.2) is 5.69 Å². The Morgan fingerprint density at radius 3 is 2.76 bits per heavy atom. The number of amides is 1. The zero-order valence-electron chi connectivity index (χ0n) is 11.6. The van der Waals surface area contributed by atoms with Crippen molar-refractivity contribution >= 4 is 22.9 Å². The van der Waals surface area contributed by atoms with E-state index in [-0.39, 0.29) is 5.91 Å². The van der Waals surface area contributed by atoms with Gasteiger partial charge in [-0.15, -0.1) is 11.3 Å². The lowest BCUT2D eigenvalue weighted by atomic mass is 10.1. The first-order chi connectivity index (χ1) is 10.3. The van der Waals surface area contributed by atoms with E-state index in [1.807, 2.05) is 41.8 Å². The van der Waals surface area contributed by atoms with E-state index in [0.29, 0.717) is 5.69 Å². The lowest BCUT2D eigenvalue weighted by Gasteiger charge is -2.03. The first kappa shape index (κ1) is 13.6. The van der Waals surface area contributed by atoms with E-state index in [2.05, 4.69) is 22.4 Å². The number of carbonyl (C=O) groups is 1. The van der Waals surface area contributed by atoms with E-state index < -0.39 is 0 Å². The summed E-state index contributed by atoms with van der Waals surface area (Å²) in [4.78, 5) is 13.2. The maximum Gasteiger partial charge on any atom is 0.276 e. The molecule has 3 aromatic rings. The Bertz CT molecular complexity index is 729. The van der Waals surface area contributed by atoms with E-state index >= 15 is 0 Å². The molecular weight excluding hydrogens is 282 g/mol. The zero-order valence-corrected chi connectivity index (χ0v) is 12.4. The molecule has 0 unspecified atom stereocenters. The minimum Gasteiger partial charge on any atom is -0.321 e. The summed E-state index contributed by atoms with van der Waals surface area (Å²) in [5, 5.41) is 11.8. The fourth-order valence-electron chi connectivity index (χ4n) is 2.01. The highest BCUT2D eigenvalue weighted by molar-refractivity contribution is 7.13. The van der Waals surface area contributed by atoms with Gasteiger partial charge < -0.3 is 5.32 Å². The first-order valence-corrected chi connectivity index (χ1v) is 7.64. The summed E-state index contributed by atoms with van der Waals surface area (Å²) in [6.45, 7) is 2.10. The van der Waals surface area contributed by atoms with Crippen LogP contribution in [-0.2, 0) is 6.42 Å². The number of carbonyl (C=O) groups excluding carboxylic acids is 1. The zero-order chi connectivity index (χ0) is 14.7. The molecule has 0 spiro atoms. The van der Waals surface area contributed by atoms with Gasteiger partial charge in [0.2, 0.25) is 0 Å². The smallest absolute Gasteiger partial charge is 0.276 e. The molecule has 0 radical (unpaired) electrons. The van der Waals surface area contributed by atoms with Gasteiger partial charge in [-0.05, 0) is 41.6 Å². The van der Waals surface area contributed by atoms with Crippen molar-refractivity contribution in [2.45, 2.75) is 13.3 Å². The lowest BCUT2D eigenvalue weighted by molar-refractivity contribution is 0.102. The van der Waals surface area contributed by atoms with Crippen molar-refractivity contribution in [1.29, 1.82) is 0 Å². The maximum atomic E-state index is 12.2. The molecule has 0 saturated heterocycles. The third kappa shape index (κ3) is 3.03. The Morgan fingerprint density at radius 1 is 1.29 bits per heavy atom. The number of hydrogen-bond acceptors (Lipinski definition) is 3. The summed E-state index contributed by atoms with van der Waals surface area (Å²) in [6.07, 6.45) is 0.984. The number of thiophene rings is 1. The number of nitrogens with zero attached hydrogens (tertiary/aromatic N) is 1. The van der Waals surface area contributed by atoms with Crippen LogP contribution in [0.2, 0.25) is 0 Å². The fourth-order valence-corrected chi connectivity index (χ4v) is 2.71. The van der Waals surface area contributed by atoms with Crippen LogP contribution in [0.3, 0.4) is 0 Å². The average Bonchev–Trinajstić information content (AvgIpc) is 3.19. The molecule has 5 heteroatoms. The molecule has 0 aliphatic heterocycles. The summed E-state index contributed by atoms with van der Waals surface area (Å²) in [7, 11) is 0. The minimum atomic E-state index is -0.210. The highest BCUT2D eigenvalue weighted by Crippen LogP contribution is 2.23. The van der Waals surface area contributed by atoms with Crippen molar-refractivity contribution < 1.29 is 4.79 Å². The predicted molar refractivity (Wildman–Crippen MR) is 85.7 cm³/mol. The molecule has 21 heavy (non-hydrogen) atoms. The molecule has 0 saturated carbocycles. The molecule has 0 aliphatic rings. The number of anilines is 1. The molecule has 2 aromatic heterocycles. The van der Waals surface area contributed by atoms with Gasteiger partial charge in [0.25, 0.3) is 5.91 Å². The number of hydrogen-bond donors (Lipinski definition) is 2. The van der Waals surface area contributed by atoms with Gasteiger partial charge in [-0.1, -0.05) is 25.1 Å². The van der Waals surface area contributed by atoms with E-state index in [1.54, 1.807) is 17.4 Å². The molecule has 0 bridgehead atoms. The Labute approximate surface area is 126 Å². The summed E-state index contributed by atoms with van der Waals surface area (Å²) >= 11 is 1.61. The van der Waals surface area contributed by atoms with Gasteiger partial charge in [-0.3, -0.25) is 9.89 Å². The molecule has 1 amide bonds. The fraction of sp³-hybridized carbons (Fsp3) is 0.125. The molecule has 4 nitrogen and oxygen atoms in total. The van der Waals surface area contributed by atoms with Gasteiger partial charge in [0.05, 0.1) is 10.6 Å². The summed E-state index contributed by atoms with van der Waals surface area (Å²) in [5.41, 5.74) is 3.26. The number of aromatic nitrogens is 2. The topological polar surface area (TPSA) is 57.8 Å². The van der Waals surface area contributed by atoms with Crippen molar-refractivity contribution in [3.63, 3.8) is 0 Å². The number of rotatable bonds is 4. The van der Waals surface area contributed by atoms with E-state index in [0.717, 1.165) is 22.7 Å². The van der Waals surface area contributed by atoms with Gasteiger partial charge in [0.1, 0.15) is 0 Å². The van der Waals surface area contributed by atoms with Crippen LogP contribution in [0.15, 0.2) is 47.8 Å². The Hall–Kier alpha value is -2.40. The van der Waals surface area contributed by atoms with Crippen molar-refractivity contribution in [1.82, 2.24) is 10.2 Å². The third-order valence-electron chi connectivity index (χ3n) is 3.22. The van der Waals surface area contributed by atoms with Gasteiger partial charge in [0, 0.05) is 5.69 Å². The minimum absolute atomic E-state index is 0.210. The van der Waals surface area contributed by atoms with E-state index in [4.69, 9.17) is 0 Å². The van der Waals surface area contributed by atoms with Crippen LogP contribution >= 0.6 is 11.3 Å². The van der Waals surface area contributed by atoms with Gasteiger partial charge in [-0.25, -0.2) is 0 Å². The highest BCUT2D eigenvalue weighted by Gasteiger charge is 2.12. The van der Waals surface area contributed by atoms with Crippen LogP contribution < -0.4 is 5.32 Å². The average molecular weight is 297 g/mol. The van der Waals surface area contributed by atoms with Crippen LogP contribution in [-0.4, -0.2) is 16.1 Å². The largest absolute Gasteiger partial charge is 0.321 e. The second kappa shape index (κ2) is 5.93. The standard InChI is InChI=1S/C16H15N3OS/c1-2-11-5-7-12(8-6-11)17-16(20)14-10-13(18-19-14)15-4-3-9-21-15/h3-10H,2H2,1H3,(H,17,20)(H,18,19). The number of benzene rings is 1. The second-order valence-corrected chi connectivity index (χ2v) is 5.60. The van der Waals surface area contributed by atoms with Crippen molar-refractivity contribution in [3.8, 4) is 10.6 Å². The van der Waals surface area contributed by atoms with Crippen LogP contribution in [0, 0.1) is 0 Å². The van der Waals surface area contributed by atoms with Crippen molar-refractivity contribution in [3.05, 3.63) is 59.1 Å². The molecule has 106 valence electrons. The number of aromatic amines is 1. The predicted octanol–water partition coefficient (Wildman–Crippen LogP) is 3.95. The van der Waals surface area contributed by atoms with Gasteiger partial charge >= 0.3 is 0 Å². The van der Waals surface area contributed by atoms with Crippen LogP contribution in [0.4, 0.5) is 5.69 Å². The molecular formula is C16H15N3OS. The Balaban J connectivity index is 1.73. The number of H-pyrrole nitrogens is 1. The third-order valence-corrected chi connectivity index (χ3v) is 4.12. The first-order valence-electron chi connectivity index (χ1n) is 6.76. The molecule has 2 heterocycles. The van der Waals surface area contributed by atoms with Crippen LogP contribution in [0.25, 0.3) is 10.6 Å². The quantitative estimate of drug-likeness (QED) is 0.766. The number of nitrogens with one attached hydrogen (secondary N) is 2. The maximum absolute atomic E-state index is 12.2. The Kier molecular flexibility index (Phi) is 3.83. The lowest BCUT2D eigenvalue weighted by Crippen LogP contribution is -2.12. The van der Waals surface area contributed by atoms with Crippen molar-refractivity contribution in [2.75, 3.05) is 5.32 Å². The second-order valence-electron chi connectivity index (χ2n) is 4.65. The van der Waals surface area contributed by atoms with E-state index in [1.165, 1.54) is 5.56 Å². The van der Waals surface area contributed by atoms with Gasteiger partial charge in [-0.2, -0.15) is 5.10 Å². The molecule has 3 rings (SSSR count). The van der Waals surface area contributed by atoms with Crippen molar-refractivity contribution in [2.24, 2.45) is 0 Å². The SMILES string of the molecule is CCc1ccc(NC(=O)c2cc(-c3cccs3)[nH]n2)cc1. The molecule has 2 N–H and O–H groups in total. The monoisotopic (exact) mass is 297 g/mol. The molecule has 0 fully saturated rings. The summed E-state index contributed by atoms with van der Waals surface area (Å²) < 4.78 is 0. The summed E-state index contributed by atoms with van der Waals surface area (Å²) in [6, 6.07) is 13.6. The number of aryl methyl sites for hydroxylation is 1. The summed E-state index contributed by atoms with van der Waals surface area (Å²) in [5.74, 6) is -0.210. The van der Waals surface area contributed by atoms with E-state index in [9.17, 15) is 4.79 Å².